The molecule has 7 heteroatoms. The molecule has 23 heavy (non-hydrogen) atoms. The molecule has 1 saturated heterocycles. The number of hydrogen-bond donors (Lipinski definition) is 2. The minimum Gasteiger partial charge on any atom is -0.357 e. The lowest BCUT2D eigenvalue weighted by atomic mass is 10.1. The molecule has 5 nitrogen and oxygen atoms in total. The van der Waals surface area contributed by atoms with E-state index in [9.17, 15) is 4.79 Å². The first-order chi connectivity index (χ1) is 10.2. The number of rotatable bonds is 7. The number of amides is 1. The van der Waals surface area contributed by atoms with Crippen molar-refractivity contribution >= 4 is 36.5 Å². The monoisotopic (exact) mass is 362 g/mol. The molecule has 2 heterocycles. The second-order valence-corrected chi connectivity index (χ2v) is 5.47. The molecule has 0 saturated carbocycles. The van der Waals surface area contributed by atoms with Crippen LogP contribution in [0.5, 0.6) is 0 Å². The number of nitrogens with one attached hydrogen (secondary N) is 2. The third-order valence-electron chi connectivity index (χ3n) is 3.98. The summed E-state index contributed by atoms with van der Waals surface area (Å²) >= 11 is 0. The maximum absolute atomic E-state index is 11.9. The third-order valence-corrected chi connectivity index (χ3v) is 3.98. The molecule has 1 aromatic rings. The van der Waals surface area contributed by atoms with Crippen LogP contribution in [0.15, 0.2) is 18.3 Å². The van der Waals surface area contributed by atoms with Gasteiger partial charge in [-0.1, -0.05) is 6.07 Å². The summed E-state index contributed by atoms with van der Waals surface area (Å²) in [6.07, 6.45) is 4.70. The number of pyridine rings is 1. The van der Waals surface area contributed by atoms with Crippen LogP contribution in [-0.2, 0) is 11.3 Å². The Morgan fingerprint density at radius 1 is 1.35 bits per heavy atom. The first kappa shape index (κ1) is 22.0. The zero-order chi connectivity index (χ0) is 15.1. The molecule has 132 valence electrons. The summed E-state index contributed by atoms with van der Waals surface area (Å²) in [4.78, 5) is 18.5. The highest BCUT2D eigenvalue weighted by atomic mass is 35.5. The fraction of sp³-hybridized carbons (Fsp3) is 0.625. The normalized spacial score (nSPS) is 16.2. The first-order valence-corrected chi connectivity index (χ1v) is 7.92. The van der Waals surface area contributed by atoms with Crippen molar-refractivity contribution in [1.82, 2.24) is 15.6 Å². The zero-order valence-corrected chi connectivity index (χ0v) is 15.5. The molecule has 1 aliphatic rings. The number of aromatic nitrogens is 1. The molecule has 1 aliphatic heterocycles. The van der Waals surface area contributed by atoms with E-state index in [2.05, 4.69) is 34.4 Å². The Balaban J connectivity index is 0.00000242. The third kappa shape index (κ3) is 6.94. The molecule has 0 radical (unpaired) electrons. The van der Waals surface area contributed by atoms with Gasteiger partial charge in [-0.25, -0.2) is 4.98 Å². The van der Waals surface area contributed by atoms with Gasteiger partial charge in [0.1, 0.15) is 5.82 Å². The molecule has 0 aliphatic carbocycles. The van der Waals surface area contributed by atoms with Crippen molar-refractivity contribution in [3.05, 3.63) is 23.9 Å². The Labute approximate surface area is 151 Å². The van der Waals surface area contributed by atoms with Gasteiger partial charge >= 0.3 is 0 Å². The van der Waals surface area contributed by atoms with E-state index in [0.29, 0.717) is 19.0 Å². The van der Waals surface area contributed by atoms with Crippen LogP contribution in [0.4, 0.5) is 5.82 Å². The highest BCUT2D eigenvalue weighted by molar-refractivity contribution is 5.85. The van der Waals surface area contributed by atoms with Crippen molar-refractivity contribution in [2.45, 2.75) is 45.7 Å². The molecule has 0 aromatic carbocycles. The van der Waals surface area contributed by atoms with Gasteiger partial charge < -0.3 is 15.5 Å². The van der Waals surface area contributed by atoms with Gasteiger partial charge in [0, 0.05) is 38.3 Å². The Kier molecular flexibility index (Phi) is 11.0. The summed E-state index contributed by atoms with van der Waals surface area (Å²) in [5.74, 6) is 1.10. The lowest BCUT2D eigenvalue weighted by Gasteiger charge is -2.19. The average Bonchev–Trinajstić information content (AvgIpc) is 3.00. The molecule has 1 atom stereocenters. The van der Waals surface area contributed by atoms with Crippen LogP contribution in [0.3, 0.4) is 0 Å². The predicted molar refractivity (Wildman–Crippen MR) is 99.8 cm³/mol. The predicted octanol–water partition coefficient (Wildman–Crippen LogP) is 2.53. The second kappa shape index (κ2) is 11.5. The standard InChI is InChI=1S/C16H26N4O.2ClH/c1-3-20(4-2)15-8-7-13(11-18-15)12-19-16(21)10-14-6-5-9-17-14;;/h7-8,11,14,17H,3-6,9-10,12H2,1-2H3,(H,19,21);2*1H. The van der Waals surface area contributed by atoms with Gasteiger partial charge in [0.2, 0.25) is 5.91 Å². The molecule has 2 N–H and O–H groups in total. The Bertz CT molecular complexity index is 446. The summed E-state index contributed by atoms with van der Waals surface area (Å²) < 4.78 is 0. The summed E-state index contributed by atoms with van der Waals surface area (Å²) in [5.41, 5.74) is 1.04. The molecule has 1 amide bonds. The number of nitrogens with zero attached hydrogens (tertiary/aromatic N) is 2. The zero-order valence-electron chi connectivity index (χ0n) is 13.9. The second-order valence-electron chi connectivity index (χ2n) is 5.47. The van der Waals surface area contributed by atoms with E-state index in [-0.39, 0.29) is 30.7 Å². The van der Waals surface area contributed by atoms with Crippen LogP contribution >= 0.6 is 24.8 Å². The van der Waals surface area contributed by atoms with Crippen molar-refractivity contribution in [3.63, 3.8) is 0 Å². The van der Waals surface area contributed by atoms with Crippen molar-refractivity contribution in [1.29, 1.82) is 0 Å². The van der Waals surface area contributed by atoms with Crippen LogP contribution in [0.1, 0.15) is 38.7 Å². The van der Waals surface area contributed by atoms with Crippen LogP contribution in [0.2, 0.25) is 0 Å². The molecule has 0 spiro atoms. The van der Waals surface area contributed by atoms with Gasteiger partial charge in [0.15, 0.2) is 0 Å². The van der Waals surface area contributed by atoms with Crippen LogP contribution < -0.4 is 15.5 Å². The van der Waals surface area contributed by atoms with E-state index in [4.69, 9.17) is 0 Å². The Morgan fingerprint density at radius 3 is 2.61 bits per heavy atom. The van der Waals surface area contributed by atoms with E-state index in [0.717, 1.165) is 37.4 Å². The molecular formula is C16H28Cl2N4O. The number of anilines is 1. The fourth-order valence-corrected chi connectivity index (χ4v) is 2.68. The lowest BCUT2D eigenvalue weighted by molar-refractivity contribution is -0.121. The Morgan fingerprint density at radius 2 is 2.09 bits per heavy atom. The van der Waals surface area contributed by atoms with Gasteiger partial charge in [-0.15, -0.1) is 24.8 Å². The molecule has 1 fully saturated rings. The number of hydrogen-bond acceptors (Lipinski definition) is 4. The topological polar surface area (TPSA) is 57.3 Å². The van der Waals surface area contributed by atoms with Crippen LogP contribution in [0.25, 0.3) is 0 Å². The molecule has 2 rings (SSSR count). The number of carbonyl (C=O) groups excluding carboxylic acids is 1. The van der Waals surface area contributed by atoms with Gasteiger partial charge in [-0.3, -0.25) is 4.79 Å². The fourth-order valence-electron chi connectivity index (χ4n) is 2.68. The van der Waals surface area contributed by atoms with Gasteiger partial charge in [0.25, 0.3) is 0 Å². The van der Waals surface area contributed by atoms with Crippen LogP contribution in [-0.4, -0.2) is 36.6 Å². The Hall–Kier alpha value is -1.04. The van der Waals surface area contributed by atoms with E-state index >= 15 is 0 Å². The molecule has 1 unspecified atom stereocenters. The lowest BCUT2D eigenvalue weighted by Crippen LogP contribution is -2.31. The highest BCUT2D eigenvalue weighted by Crippen LogP contribution is 2.11. The molecule has 0 bridgehead atoms. The van der Waals surface area contributed by atoms with Crippen molar-refractivity contribution in [2.24, 2.45) is 0 Å². The average molecular weight is 363 g/mol. The van der Waals surface area contributed by atoms with E-state index in [1.54, 1.807) is 0 Å². The minimum absolute atomic E-state index is 0. The van der Waals surface area contributed by atoms with Crippen molar-refractivity contribution < 1.29 is 4.79 Å². The number of carbonyl (C=O) groups is 1. The summed E-state index contributed by atoms with van der Waals surface area (Å²) in [6.45, 7) is 7.74. The summed E-state index contributed by atoms with van der Waals surface area (Å²) in [6, 6.07) is 4.41. The van der Waals surface area contributed by atoms with E-state index in [1.807, 2.05) is 18.3 Å². The highest BCUT2D eigenvalue weighted by Gasteiger charge is 2.17. The van der Waals surface area contributed by atoms with Crippen molar-refractivity contribution in [3.8, 4) is 0 Å². The summed E-state index contributed by atoms with van der Waals surface area (Å²) in [5, 5.41) is 6.31. The molecule has 1 aromatic heterocycles. The smallest absolute Gasteiger partial charge is 0.221 e. The van der Waals surface area contributed by atoms with E-state index < -0.39 is 0 Å². The minimum atomic E-state index is 0. The van der Waals surface area contributed by atoms with Gasteiger partial charge in [-0.05, 0) is 44.9 Å². The largest absolute Gasteiger partial charge is 0.357 e. The van der Waals surface area contributed by atoms with Crippen LogP contribution in [0, 0.1) is 0 Å². The number of halogens is 2. The quantitative estimate of drug-likeness (QED) is 0.782. The summed E-state index contributed by atoms with van der Waals surface area (Å²) in [7, 11) is 0. The SMILES string of the molecule is CCN(CC)c1ccc(CNC(=O)CC2CCCN2)cn1.Cl.Cl. The maximum Gasteiger partial charge on any atom is 0.221 e. The van der Waals surface area contributed by atoms with Crippen molar-refractivity contribution in [2.75, 3.05) is 24.5 Å². The van der Waals surface area contributed by atoms with Gasteiger partial charge in [0.05, 0.1) is 0 Å². The van der Waals surface area contributed by atoms with E-state index in [1.165, 1.54) is 6.42 Å². The first-order valence-electron chi connectivity index (χ1n) is 7.92. The maximum atomic E-state index is 11.9. The molecular weight excluding hydrogens is 335 g/mol. The van der Waals surface area contributed by atoms with Gasteiger partial charge in [-0.2, -0.15) is 0 Å².